The van der Waals surface area contributed by atoms with Crippen molar-refractivity contribution in [1.82, 2.24) is 4.98 Å². The second kappa shape index (κ2) is 6.50. The van der Waals surface area contributed by atoms with E-state index in [1.165, 1.54) is 16.9 Å². The third-order valence-electron chi connectivity index (χ3n) is 3.98. The molecule has 0 radical (unpaired) electrons. The van der Waals surface area contributed by atoms with Crippen LogP contribution in [0.1, 0.15) is 24.6 Å². The molecule has 0 spiro atoms. The van der Waals surface area contributed by atoms with Crippen molar-refractivity contribution in [1.29, 1.82) is 0 Å². The Labute approximate surface area is 139 Å². The molecule has 1 aliphatic heterocycles. The summed E-state index contributed by atoms with van der Waals surface area (Å²) in [6, 6.07) is 7.93. The number of benzene rings is 1. The molecule has 0 bridgehead atoms. The zero-order valence-electron chi connectivity index (χ0n) is 13.2. The monoisotopic (exact) mass is 329 g/mol. The minimum absolute atomic E-state index is 0.00581. The lowest BCUT2D eigenvalue weighted by Crippen LogP contribution is -2.28. The van der Waals surface area contributed by atoms with E-state index in [0.29, 0.717) is 11.7 Å². The molecule has 1 unspecified atom stereocenters. The molecular weight excluding hydrogens is 310 g/mol. The maximum atomic E-state index is 12.3. The predicted octanol–water partition coefficient (Wildman–Crippen LogP) is 3.01. The van der Waals surface area contributed by atoms with Gasteiger partial charge in [0.15, 0.2) is 5.13 Å². The SMILES string of the molecule is CCc1cccc(N2CC(C(=O)Nc3nc(C)cs3)CC2=O)c1. The van der Waals surface area contributed by atoms with Gasteiger partial charge in [-0.2, -0.15) is 0 Å². The average Bonchev–Trinajstić information content (AvgIpc) is 3.13. The Bertz CT molecular complexity index is 741. The molecule has 23 heavy (non-hydrogen) atoms. The van der Waals surface area contributed by atoms with Gasteiger partial charge in [-0.15, -0.1) is 11.3 Å². The number of carbonyl (C=O) groups is 2. The number of hydrogen-bond acceptors (Lipinski definition) is 4. The lowest BCUT2D eigenvalue weighted by Gasteiger charge is -2.17. The van der Waals surface area contributed by atoms with Gasteiger partial charge in [-0.05, 0) is 31.0 Å². The van der Waals surface area contributed by atoms with E-state index in [1.54, 1.807) is 4.90 Å². The van der Waals surface area contributed by atoms with Crippen molar-refractivity contribution in [3.8, 4) is 0 Å². The Hall–Kier alpha value is -2.21. The summed E-state index contributed by atoms with van der Waals surface area (Å²) in [6.45, 7) is 4.38. The van der Waals surface area contributed by atoms with Crippen LogP contribution in [0.25, 0.3) is 0 Å². The van der Waals surface area contributed by atoms with Crippen LogP contribution in [0, 0.1) is 12.8 Å². The van der Waals surface area contributed by atoms with Crippen LogP contribution in [0.5, 0.6) is 0 Å². The first-order valence-corrected chi connectivity index (χ1v) is 8.57. The van der Waals surface area contributed by atoms with E-state index in [4.69, 9.17) is 0 Å². The first-order valence-electron chi connectivity index (χ1n) is 7.69. The van der Waals surface area contributed by atoms with Crippen molar-refractivity contribution in [2.75, 3.05) is 16.8 Å². The summed E-state index contributed by atoms with van der Waals surface area (Å²) in [7, 11) is 0. The number of nitrogens with zero attached hydrogens (tertiary/aromatic N) is 2. The minimum atomic E-state index is -0.336. The number of amides is 2. The summed E-state index contributed by atoms with van der Waals surface area (Å²) >= 11 is 1.40. The highest BCUT2D eigenvalue weighted by molar-refractivity contribution is 7.13. The fraction of sp³-hybridized carbons (Fsp3) is 0.353. The summed E-state index contributed by atoms with van der Waals surface area (Å²) in [5.41, 5.74) is 2.93. The molecule has 120 valence electrons. The summed E-state index contributed by atoms with van der Waals surface area (Å²) in [5.74, 6) is -0.479. The highest BCUT2D eigenvalue weighted by atomic mass is 32.1. The van der Waals surface area contributed by atoms with Crippen LogP contribution in [0.3, 0.4) is 0 Å². The first kappa shape index (κ1) is 15.7. The quantitative estimate of drug-likeness (QED) is 0.938. The second-order valence-corrected chi connectivity index (χ2v) is 6.57. The average molecular weight is 329 g/mol. The number of aryl methyl sites for hydroxylation is 2. The molecule has 2 aromatic rings. The number of rotatable bonds is 4. The van der Waals surface area contributed by atoms with E-state index in [0.717, 1.165) is 17.8 Å². The van der Waals surface area contributed by atoms with Gasteiger partial charge < -0.3 is 10.2 Å². The van der Waals surface area contributed by atoms with Gasteiger partial charge in [-0.3, -0.25) is 9.59 Å². The Morgan fingerprint density at radius 3 is 3.00 bits per heavy atom. The number of carbonyl (C=O) groups excluding carboxylic acids is 2. The fourth-order valence-corrected chi connectivity index (χ4v) is 3.39. The standard InChI is InChI=1S/C17H19N3O2S/c1-3-12-5-4-6-14(7-12)20-9-13(8-15(20)21)16(22)19-17-18-11(2)10-23-17/h4-7,10,13H,3,8-9H2,1-2H3,(H,18,19,22). The molecule has 3 rings (SSSR count). The van der Waals surface area contributed by atoms with Gasteiger partial charge in [0.25, 0.3) is 0 Å². The molecule has 1 aromatic heterocycles. The van der Waals surface area contributed by atoms with Gasteiger partial charge in [0.2, 0.25) is 11.8 Å². The van der Waals surface area contributed by atoms with Crippen molar-refractivity contribution in [3.05, 3.63) is 40.9 Å². The molecule has 1 N–H and O–H groups in total. The highest BCUT2D eigenvalue weighted by Crippen LogP contribution is 2.27. The predicted molar refractivity (Wildman–Crippen MR) is 91.8 cm³/mol. The van der Waals surface area contributed by atoms with Crippen LogP contribution in [0.15, 0.2) is 29.6 Å². The molecule has 0 saturated carbocycles. The normalized spacial score (nSPS) is 17.6. The molecule has 2 amide bonds. The van der Waals surface area contributed by atoms with Gasteiger partial charge in [0, 0.05) is 24.0 Å². The molecule has 1 atom stereocenters. The van der Waals surface area contributed by atoms with Crippen LogP contribution >= 0.6 is 11.3 Å². The number of hydrogen-bond donors (Lipinski definition) is 1. The smallest absolute Gasteiger partial charge is 0.231 e. The van der Waals surface area contributed by atoms with Crippen molar-refractivity contribution in [2.24, 2.45) is 5.92 Å². The summed E-state index contributed by atoms with van der Waals surface area (Å²) in [5, 5.41) is 5.29. The van der Waals surface area contributed by atoms with Crippen LogP contribution < -0.4 is 10.2 Å². The van der Waals surface area contributed by atoms with Crippen LogP contribution in [-0.4, -0.2) is 23.3 Å². The Kier molecular flexibility index (Phi) is 4.43. The van der Waals surface area contributed by atoms with Crippen molar-refractivity contribution >= 4 is 34.0 Å². The van der Waals surface area contributed by atoms with Gasteiger partial charge in [-0.1, -0.05) is 19.1 Å². The lowest BCUT2D eigenvalue weighted by molar-refractivity contribution is -0.122. The second-order valence-electron chi connectivity index (χ2n) is 5.71. The molecule has 5 nitrogen and oxygen atoms in total. The molecule has 1 aliphatic rings. The van der Waals surface area contributed by atoms with Crippen LogP contribution in [0.4, 0.5) is 10.8 Å². The Morgan fingerprint density at radius 1 is 1.48 bits per heavy atom. The van der Waals surface area contributed by atoms with E-state index < -0.39 is 0 Å². The largest absolute Gasteiger partial charge is 0.312 e. The molecule has 0 aliphatic carbocycles. The first-order chi connectivity index (χ1) is 11.1. The number of nitrogens with one attached hydrogen (secondary N) is 1. The number of thiazole rings is 1. The van der Waals surface area contributed by atoms with Crippen LogP contribution in [0.2, 0.25) is 0 Å². The third kappa shape index (κ3) is 3.42. The van der Waals surface area contributed by atoms with Crippen molar-refractivity contribution in [2.45, 2.75) is 26.7 Å². The summed E-state index contributed by atoms with van der Waals surface area (Å²) in [6.07, 6.45) is 1.16. The van der Waals surface area contributed by atoms with Crippen molar-refractivity contribution in [3.63, 3.8) is 0 Å². The lowest BCUT2D eigenvalue weighted by atomic mass is 10.1. The maximum Gasteiger partial charge on any atom is 0.231 e. The molecule has 1 fully saturated rings. The zero-order chi connectivity index (χ0) is 16.4. The van der Waals surface area contributed by atoms with E-state index in [9.17, 15) is 9.59 Å². The summed E-state index contributed by atoms with van der Waals surface area (Å²) < 4.78 is 0. The third-order valence-corrected chi connectivity index (χ3v) is 4.85. The topological polar surface area (TPSA) is 62.3 Å². The molecule has 6 heteroatoms. The molecule has 1 saturated heterocycles. The van der Waals surface area contributed by atoms with E-state index in [-0.39, 0.29) is 24.2 Å². The minimum Gasteiger partial charge on any atom is -0.312 e. The molecular formula is C17H19N3O2S. The van der Waals surface area contributed by atoms with E-state index in [2.05, 4.69) is 17.2 Å². The van der Waals surface area contributed by atoms with Crippen LogP contribution in [-0.2, 0) is 16.0 Å². The van der Waals surface area contributed by atoms with Gasteiger partial charge in [-0.25, -0.2) is 4.98 Å². The highest BCUT2D eigenvalue weighted by Gasteiger charge is 2.35. The zero-order valence-corrected chi connectivity index (χ0v) is 14.0. The Morgan fingerprint density at radius 2 is 2.30 bits per heavy atom. The van der Waals surface area contributed by atoms with E-state index in [1.807, 2.05) is 36.6 Å². The van der Waals surface area contributed by atoms with Gasteiger partial charge >= 0.3 is 0 Å². The number of anilines is 2. The fourth-order valence-electron chi connectivity index (χ4n) is 2.70. The van der Waals surface area contributed by atoms with Gasteiger partial charge in [0.05, 0.1) is 11.6 Å². The van der Waals surface area contributed by atoms with E-state index >= 15 is 0 Å². The maximum absolute atomic E-state index is 12.3. The van der Waals surface area contributed by atoms with Gasteiger partial charge in [0.1, 0.15) is 0 Å². The summed E-state index contributed by atoms with van der Waals surface area (Å²) in [4.78, 5) is 30.6. The molecule has 1 aromatic carbocycles. The Balaban J connectivity index is 1.70. The molecule has 2 heterocycles. The van der Waals surface area contributed by atoms with Crippen molar-refractivity contribution < 1.29 is 9.59 Å². The number of aromatic nitrogens is 1.